The summed E-state index contributed by atoms with van der Waals surface area (Å²) in [6.07, 6.45) is 49.7. The van der Waals surface area contributed by atoms with Crippen LogP contribution in [0.4, 0.5) is 0 Å². The van der Waals surface area contributed by atoms with E-state index in [1.54, 1.807) is 0 Å². The molecule has 0 aromatic rings. The molecule has 0 heterocycles. The van der Waals surface area contributed by atoms with Crippen molar-refractivity contribution in [3.05, 3.63) is 48.6 Å². The van der Waals surface area contributed by atoms with Crippen molar-refractivity contribution >= 4 is 19.8 Å². The Morgan fingerprint density at radius 2 is 0.833 bits per heavy atom. The molecule has 0 aromatic heterocycles. The van der Waals surface area contributed by atoms with Crippen LogP contribution in [0.25, 0.3) is 0 Å². The standard InChI is InChI=1S/C45H81O8P/c1-3-5-7-9-11-13-15-17-19-21-23-25-27-29-31-33-35-37-39-44(46)51-41-43(42-52-54(48,49)50)53-45(47)40-38-36-34-32-30-28-26-24-22-20-18-16-14-12-10-8-6-4-2/h13-16,19-22,43H,3-12,17-18,23-42H2,1-2H3,(H2,48,49,50)/b15-13-,16-14-,21-19-,22-20-. The number of hydrogen-bond donors (Lipinski definition) is 2. The molecule has 0 bridgehead atoms. The maximum absolute atomic E-state index is 12.4. The minimum atomic E-state index is -4.76. The molecule has 0 aliphatic rings. The van der Waals surface area contributed by atoms with E-state index < -0.39 is 32.5 Å². The number of ether oxygens (including phenoxy) is 2. The van der Waals surface area contributed by atoms with E-state index in [1.165, 1.54) is 103 Å². The van der Waals surface area contributed by atoms with E-state index in [2.05, 4.69) is 67.0 Å². The van der Waals surface area contributed by atoms with Gasteiger partial charge in [-0.1, -0.05) is 165 Å². The van der Waals surface area contributed by atoms with Crippen LogP contribution >= 0.6 is 7.82 Å². The van der Waals surface area contributed by atoms with E-state index >= 15 is 0 Å². The SMILES string of the molecule is CCCCCC/C=C\C/C=C\CCCCCCCCCC(=O)OCC(COP(=O)(O)O)OC(=O)CCCCCCCCC/C=C\C/C=C\CCCCCC. The second-order valence-corrected chi connectivity index (χ2v) is 15.9. The van der Waals surface area contributed by atoms with Crippen LogP contribution in [0.1, 0.15) is 206 Å². The summed E-state index contributed by atoms with van der Waals surface area (Å²) in [5.74, 6) is -0.901. The molecule has 1 unspecified atom stereocenters. The fraction of sp³-hybridized carbons (Fsp3) is 0.778. The summed E-state index contributed by atoms with van der Waals surface area (Å²) in [6, 6.07) is 0. The van der Waals surface area contributed by atoms with Crippen molar-refractivity contribution in [3.8, 4) is 0 Å². The summed E-state index contributed by atoms with van der Waals surface area (Å²) in [7, 11) is -4.76. The molecule has 0 radical (unpaired) electrons. The zero-order valence-corrected chi connectivity index (χ0v) is 35.5. The van der Waals surface area contributed by atoms with Crippen LogP contribution in [0.5, 0.6) is 0 Å². The fourth-order valence-corrected chi connectivity index (χ4v) is 6.38. The fourth-order valence-electron chi connectivity index (χ4n) is 6.02. The molecular weight excluding hydrogens is 699 g/mol. The van der Waals surface area contributed by atoms with Crippen molar-refractivity contribution in [3.63, 3.8) is 0 Å². The van der Waals surface area contributed by atoms with Crippen molar-refractivity contribution in [2.75, 3.05) is 13.2 Å². The topological polar surface area (TPSA) is 119 Å². The Morgan fingerprint density at radius 3 is 1.22 bits per heavy atom. The summed E-state index contributed by atoms with van der Waals surface area (Å²) in [5.41, 5.74) is 0. The van der Waals surface area contributed by atoms with Gasteiger partial charge < -0.3 is 19.3 Å². The first-order valence-electron chi connectivity index (χ1n) is 21.9. The van der Waals surface area contributed by atoms with Gasteiger partial charge in [0.05, 0.1) is 6.61 Å². The quantitative estimate of drug-likeness (QED) is 0.0273. The van der Waals surface area contributed by atoms with Crippen LogP contribution < -0.4 is 0 Å². The Labute approximate surface area is 331 Å². The minimum Gasteiger partial charge on any atom is -0.462 e. The molecule has 0 amide bonds. The molecule has 0 aliphatic heterocycles. The Hall–Kier alpha value is -1.99. The monoisotopic (exact) mass is 781 g/mol. The first kappa shape index (κ1) is 52.0. The molecule has 0 saturated carbocycles. The maximum atomic E-state index is 12.4. The number of esters is 2. The predicted octanol–water partition coefficient (Wildman–Crippen LogP) is 13.5. The van der Waals surface area contributed by atoms with Crippen LogP contribution in [-0.2, 0) is 28.2 Å². The first-order chi connectivity index (χ1) is 26.3. The van der Waals surface area contributed by atoms with Gasteiger partial charge >= 0.3 is 19.8 Å². The Kier molecular flexibility index (Phi) is 39.2. The Bertz CT molecular complexity index is 1020. The third-order valence-corrected chi connectivity index (χ3v) is 9.81. The Morgan fingerprint density at radius 1 is 0.481 bits per heavy atom. The molecule has 0 aliphatic carbocycles. The van der Waals surface area contributed by atoms with Crippen molar-refractivity contribution in [1.82, 2.24) is 0 Å². The highest BCUT2D eigenvalue weighted by Crippen LogP contribution is 2.36. The highest BCUT2D eigenvalue weighted by molar-refractivity contribution is 7.46. The minimum absolute atomic E-state index is 0.200. The van der Waals surface area contributed by atoms with Gasteiger partial charge in [-0.15, -0.1) is 0 Å². The molecule has 8 nitrogen and oxygen atoms in total. The van der Waals surface area contributed by atoms with E-state index in [-0.39, 0.29) is 19.4 Å². The smallest absolute Gasteiger partial charge is 0.462 e. The van der Waals surface area contributed by atoms with Crippen LogP contribution in [0, 0.1) is 0 Å². The van der Waals surface area contributed by atoms with E-state index in [0.717, 1.165) is 64.2 Å². The maximum Gasteiger partial charge on any atom is 0.469 e. The largest absolute Gasteiger partial charge is 0.469 e. The number of phosphoric ester groups is 1. The zero-order chi connectivity index (χ0) is 39.6. The normalized spacial score (nSPS) is 12.9. The summed E-state index contributed by atoms with van der Waals surface area (Å²) < 4.78 is 26.4. The van der Waals surface area contributed by atoms with E-state index in [0.29, 0.717) is 12.8 Å². The van der Waals surface area contributed by atoms with E-state index in [1.807, 2.05) is 0 Å². The molecule has 0 saturated heterocycles. The van der Waals surface area contributed by atoms with Crippen molar-refractivity contribution in [2.45, 2.75) is 213 Å². The van der Waals surface area contributed by atoms with Crippen LogP contribution in [0.15, 0.2) is 48.6 Å². The molecule has 1 atom stereocenters. The van der Waals surface area contributed by atoms with Gasteiger partial charge in [0.2, 0.25) is 0 Å². The van der Waals surface area contributed by atoms with Gasteiger partial charge in [0.15, 0.2) is 6.10 Å². The molecule has 9 heteroatoms. The number of unbranched alkanes of at least 4 members (excludes halogenated alkanes) is 22. The van der Waals surface area contributed by atoms with E-state index in [4.69, 9.17) is 19.3 Å². The second-order valence-electron chi connectivity index (χ2n) is 14.7. The highest BCUT2D eigenvalue weighted by Gasteiger charge is 2.22. The first-order valence-corrected chi connectivity index (χ1v) is 23.5. The van der Waals surface area contributed by atoms with Gasteiger partial charge in [-0.25, -0.2) is 4.57 Å². The average Bonchev–Trinajstić information content (AvgIpc) is 3.14. The Balaban J connectivity index is 3.93. The summed E-state index contributed by atoms with van der Waals surface area (Å²) in [5, 5.41) is 0. The summed E-state index contributed by atoms with van der Waals surface area (Å²) >= 11 is 0. The van der Waals surface area contributed by atoms with Crippen LogP contribution in [0.2, 0.25) is 0 Å². The van der Waals surface area contributed by atoms with Gasteiger partial charge in [0.1, 0.15) is 6.61 Å². The number of hydrogen-bond acceptors (Lipinski definition) is 6. The van der Waals surface area contributed by atoms with Crippen molar-refractivity contribution in [2.24, 2.45) is 0 Å². The molecular formula is C45H81O8P. The molecule has 2 N–H and O–H groups in total. The van der Waals surface area contributed by atoms with Gasteiger partial charge in [0.25, 0.3) is 0 Å². The third-order valence-electron chi connectivity index (χ3n) is 9.32. The van der Waals surface area contributed by atoms with Crippen molar-refractivity contribution < 1.29 is 37.9 Å². The van der Waals surface area contributed by atoms with Gasteiger partial charge in [-0.2, -0.15) is 0 Å². The highest BCUT2D eigenvalue weighted by atomic mass is 31.2. The molecule has 0 spiro atoms. The van der Waals surface area contributed by atoms with Crippen molar-refractivity contribution in [1.29, 1.82) is 0 Å². The lowest BCUT2D eigenvalue weighted by molar-refractivity contribution is -0.161. The molecule has 54 heavy (non-hydrogen) atoms. The van der Waals surface area contributed by atoms with Gasteiger partial charge in [-0.3, -0.25) is 14.1 Å². The van der Waals surface area contributed by atoms with E-state index in [9.17, 15) is 14.2 Å². The van der Waals surface area contributed by atoms with Crippen LogP contribution in [0.3, 0.4) is 0 Å². The molecule has 0 fully saturated rings. The zero-order valence-electron chi connectivity index (χ0n) is 34.6. The van der Waals surface area contributed by atoms with Gasteiger partial charge in [-0.05, 0) is 77.0 Å². The molecule has 314 valence electrons. The van der Waals surface area contributed by atoms with Crippen LogP contribution in [-0.4, -0.2) is 41.0 Å². The second kappa shape index (κ2) is 40.7. The summed E-state index contributed by atoms with van der Waals surface area (Å²) in [6.45, 7) is 3.65. The number of carbonyl (C=O) groups excluding carboxylic acids is 2. The summed E-state index contributed by atoms with van der Waals surface area (Å²) in [4.78, 5) is 42.9. The lowest BCUT2D eigenvalue weighted by atomic mass is 10.1. The number of rotatable bonds is 40. The third kappa shape index (κ3) is 42.7. The molecule has 0 aromatic carbocycles. The number of phosphoric acid groups is 1. The van der Waals surface area contributed by atoms with Gasteiger partial charge in [0, 0.05) is 12.8 Å². The number of allylic oxidation sites excluding steroid dienone is 8. The average molecular weight is 781 g/mol. The lowest BCUT2D eigenvalue weighted by Gasteiger charge is -2.18. The number of carbonyl (C=O) groups is 2. The molecule has 0 rings (SSSR count). The lowest BCUT2D eigenvalue weighted by Crippen LogP contribution is -2.29. The predicted molar refractivity (Wildman–Crippen MR) is 225 cm³/mol.